The number of rotatable bonds is 3. The van der Waals surface area contributed by atoms with Gasteiger partial charge in [0.1, 0.15) is 11.4 Å². The van der Waals surface area contributed by atoms with Gasteiger partial charge in [0.15, 0.2) is 0 Å². The number of benzene rings is 1. The number of piperidine rings is 1. The maximum Gasteiger partial charge on any atom is 0.410 e. The number of carbonyl (C=O) groups is 1. The van der Waals surface area contributed by atoms with Crippen molar-refractivity contribution in [3.05, 3.63) is 29.8 Å². The lowest BCUT2D eigenvalue weighted by Gasteiger charge is -2.34. The molecule has 5 heteroatoms. The van der Waals surface area contributed by atoms with Crippen molar-refractivity contribution in [2.45, 2.75) is 51.8 Å². The summed E-state index contributed by atoms with van der Waals surface area (Å²) in [6, 6.07) is 7.47. The molecule has 0 radical (unpaired) electrons. The van der Waals surface area contributed by atoms with Gasteiger partial charge in [0.05, 0.1) is 0 Å². The van der Waals surface area contributed by atoms with Gasteiger partial charge in [0, 0.05) is 25.7 Å². The van der Waals surface area contributed by atoms with Gasteiger partial charge < -0.3 is 20.1 Å². The number of hydrogen-bond acceptors (Lipinski definition) is 4. The molecule has 1 aromatic rings. The Bertz CT molecular complexity index is 511. The molecule has 1 aliphatic rings. The Morgan fingerprint density at radius 2 is 2.23 bits per heavy atom. The molecule has 1 atom stereocenters. The third-order valence-electron chi connectivity index (χ3n) is 3.58. The Balaban J connectivity index is 1.84. The molecule has 0 aliphatic carbocycles. The van der Waals surface area contributed by atoms with E-state index in [2.05, 4.69) is 5.32 Å². The molecule has 0 aromatic heterocycles. The largest absolute Gasteiger partial charge is 0.508 e. The molecule has 1 heterocycles. The van der Waals surface area contributed by atoms with Crippen LogP contribution in [0.4, 0.5) is 4.79 Å². The van der Waals surface area contributed by atoms with Crippen LogP contribution in [-0.2, 0) is 11.3 Å². The fourth-order valence-electron chi connectivity index (χ4n) is 2.56. The van der Waals surface area contributed by atoms with Gasteiger partial charge in [0.25, 0.3) is 0 Å². The van der Waals surface area contributed by atoms with E-state index in [0.29, 0.717) is 13.1 Å². The van der Waals surface area contributed by atoms with Crippen molar-refractivity contribution in [1.29, 1.82) is 0 Å². The predicted octanol–water partition coefficient (Wildman–Crippen LogP) is 2.88. The van der Waals surface area contributed by atoms with Crippen molar-refractivity contribution < 1.29 is 14.6 Å². The number of aromatic hydroxyl groups is 1. The minimum absolute atomic E-state index is 0.239. The second kappa shape index (κ2) is 7.01. The van der Waals surface area contributed by atoms with Crippen molar-refractivity contribution in [1.82, 2.24) is 10.2 Å². The smallest absolute Gasteiger partial charge is 0.410 e. The fourth-order valence-corrected chi connectivity index (χ4v) is 2.56. The van der Waals surface area contributed by atoms with Gasteiger partial charge in [-0.15, -0.1) is 0 Å². The number of phenolic OH excluding ortho intramolecular Hbond substituents is 1. The van der Waals surface area contributed by atoms with Crippen molar-refractivity contribution in [2.24, 2.45) is 0 Å². The second-order valence-corrected chi connectivity index (χ2v) is 6.82. The van der Waals surface area contributed by atoms with Crippen LogP contribution >= 0.6 is 0 Å². The highest BCUT2D eigenvalue weighted by atomic mass is 16.6. The molecule has 1 fully saturated rings. The second-order valence-electron chi connectivity index (χ2n) is 6.82. The van der Waals surface area contributed by atoms with Crippen LogP contribution in [0.2, 0.25) is 0 Å². The van der Waals surface area contributed by atoms with E-state index in [1.54, 1.807) is 17.0 Å². The average Bonchev–Trinajstić information content (AvgIpc) is 2.44. The Kier molecular flexibility index (Phi) is 5.29. The number of likely N-dealkylation sites (tertiary alicyclic amines) is 1. The summed E-state index contributed by atoms with van der Waals surface area (Å²) in [6.07, 6.45) is 1.77. The molecule has 2 N–H and O–H groups in total. The lowest BCUT2D eigenvalue weighted by atomic mass is 10.1. The summed E-state index contributed by atoms with van der Waals surface area (Å²) in [7, 11) is 0. The third-order valence-corrected chi connectivity index (χ3v) is 3.58. The summed E-state index contributed by atoms with van der Waals surface area (Å²) in [6.45, 7) is 7.74. The Labute approximate surface area is 132 Å². The zero-order valence-corrected chi connectivity index (χ0v) is 13.6. The van der Waals surface area contributed by atoms with Crippen molar-refractivity contribution >= 4 is 6.09 Å². The van der Waals surface area contributed by atoms with Crippen LogP contribution < -0.4 is 5.32 Å². The van der Waals surface area contributed by atoms with E-state index in [0.717, 1.165) is 24.9 Å². The highest BCUT2D eigenvalue weighted by Gasteiger charge is 2.27. The summed E-state index contributed by atoms with van der Waals surface area (Å²) in [4.78, 5) is 13.9. The van der Waals surface area contributed by atoms with Crippen molar-refractivity contribution in [3.63, 3.8) is 0 Å². The first kappa shape index (κ1) is 16.6. The first-order chi connectivity index (χ1) is 10.3. The topological polar surface area (TPSA) is 61.8 Å². The SMILES string of the molecule is CC(C)(C)OC(=O)N1CCC[C@H](NCc2cccc(O)c2)C1. The van der Waals surface area contributed by atoms with Crippen LogP contribution in [0.5, 0.6) is 5.75 Å². The summed E-state index contributed by atoms with van der Waals surface area (Å²) in [5.74, 6) is 0.276. The molecule has 1 aromatic carbocycles. The Morgan fingerprint density at radius 1 is 1.45 bits per heavy atom. The molecule has 122 valence electrons. The molecule has 0 saturated carbocycles. The van der Waals surface area contributed by atoms with Crippen LogP contribution in [0.25, 0.3) is 0 Å². The monoisotopic (exact) mass is 306 g/mol. The first-order valence-electron chi connectivity index (χ1n) is 7.83. The first-order valence-corrected chi connectivity index (χ1v) is 7.83. The van der Waals surface area contributed by atoms with Gasteiger partial charge in [-0.3, -0.25) is 0 Å². The van der Waals surface area contributed by atoms with Gasteiger partial charge in [-0.2, -0.15) is 0 Å². The zero-order valence-electron chi connectivity index (χ0n) is 13.6. The van der Waals surface area contributed by atoms with E-state index >= 15 is 0 Å². The normalized spacial score (nSPS) is 19.0. The third kappa shape index (κ3) is 5.22. The lowest BCUT2D eigenvalue weighted by molar-refractivity contribution is 0.0187. The number of ether oxygens (including phenoxy) is 1. The van der Waals surface area contributed by atoms with E-state index in [9.17, 15) is 9.90 Å². The van der Waals surface area contributed by atoms with Gasteiger partial charge in [-0.05, 0) is 51.3 Å². The van der Waals surface area contributed by atoms with Gasteiger partial charge in [-0.1, -0.05) is 12.1 Å². The van der Waals surface area contributed by atoms with Crippen LogP contribution in [0.15, 0.2) is 24.3 Å². The summed E-state index contributed by atoms with van der Waals surface area (Å²) in [5, 5.41) is 12.9. The predicted molar refractivity (Wildman–Crippen MR) is 85.8 cm³/mol. The van der Waals surface area contributed by atoms with E-state index in [-0.39, 0.29) is 17.9 Å². The molecule has 1 amide bonds. The average molecular weight is 306 g/mol. The molecular formula is C17H26N2O3. The molecule has 0 unspecified atom stereocenters. The standard InChI is InChI=1S/C17H26N2O3/c1-17(2,3)22-16(21)19-9-5-7-14(12-19)18-11-13-6-4-8-15(20)10-13/h4,6,8,10,14,18,20H,5,7,9,11-12H2,1-3H3/t14-/m0/s1. The molecule has 1 aliphatic heterocycles. The fraction of sp³-hybridized carbons (Fsp3) is 0.588. The van der Waals surface area contributed by atoms with Crippen molar-refractivity contribution in [3.8, 4) is 5.75 Å². The Morgan fingerprint density at radius 3 is 2.91 bits per heavy atom. The van der Waals surface area contributed by atoms with Crippen LogP contribution in [0.3, 0.4) is 0 Å². The number of hydrogen-bond donors (Lipinski definition) is 2. The quantitative estimate of drug-likeness (QED) is 0.901. The zero-order chi connectivity index (χ0) is 16.2. The lowest BCUT2D eigenvalue weighted by Crippen LogP contribution is -2.49. The van der Waals surface area contributed by atoms with Crippen LogP contribution in [0.1, 0.15) is 39.2 Å². The summed E-state index contributed by atoms with van der Waals surface area (Å²) < 4.78 is 5.43. The van der Waals surface area contributed by atoms with E-state index in [4.69, 9.17) is 4.74 Å². The van der Waals surface area contributed by atoms with E-state index < -0.39 is 5.60 Å². The number of phenols is 1. The van der Waals surface area contributed by atoms with Gasteiger partial charge in [0.2, 0.25) is 0 Å². The number of amides is 1. The van der Waals surface area contributed by atoms with Crippen LogP contribution in [0, 0.1) is 0 Å². The minimum atomic E-state index is -0.459. The maximum absolute atomic E-state index is 12.1. The number of carbonyl (C=O) groups excluding carboxylic acids is 1. The molecule has 1 saturated heterocycles. The van der Waals surface area contributed by atoms with Gasteiger partial charge in [-0.25, -0.2) is 4.79 Å². The summed E-state index contributed by atoms with van der Waals surface area (Å²) >= 11 is 0. The van der Waals surface area contributed by atoms with E-state index in [1.807, 2.05) is 32.9 Å². The van der Waals surface area contributed by atoms with E-state index in [1.165, 1.54) is 0 Å². The number of nitrogens with zero attached hydrogens (tertiary/aromatic N) is 1. The maximum atomic E-state index is 12.1. The Hall–Kier alpha value is -1.75. The van der Waals surface area contributed by atoms with Crippen LogP contribution in [-0.4, -0.2) is 40.8 Å². The molecule has 22 heavy (non-hydrogen) atoms. The molecule has 0 bridgehead atoms. The molecule has 5 nitrogen and oxygen atoms in total. The molecular weight excluding hydrogens is 280 g/mol. The highest BCUT2D eigenvalue weighted by Crippen LogP contribution is 2.16. The highest BCUT2D eigenvalue weighted by molar-refractivity contribution is 5.68. The molecule has 0 spiro atoms. The summed E-state index contributed by atoms with van der Waals surface area (Å²) in [5.41, 5.74) is 0.577. The number of nitrogens with one attached hydrogen (secondary N) is 1. The van der Waals surface area contributed by atoms with Gasteiger partial charge >= 0.3 is 6.09 Å². The molecule has 2 rings (SSSR count). The van der Waals surface area contributed by atoms with Crippen molar-refractivity contribution in [2.75, 3.05) is 13.1 Å². The minimum Gasteiger partial charge on any atom is -0.508 e.